The van der Waals surface area contributed by atoms with E-state index in [0.29, 0.717) is 27.8 Å². The highest BCUT2D eigenvalue weighted by Gasteiger charge is 2.55. The second kappa shape index (κ2) is 7.89. The minimum Gasteiger partial charge on any atom is -0.497 e. The van der Waals surface area contributed by atoms with E-state index in [4.69, 9.17) is 4.74 Å². The molecule has 1 heterocycles. The monoisotopic (exact) mass is 549 g/mol. The summed E-state index contributed by atoms with van der Waals surface area (Å²) in [6.45, 7) is 3.10. The van der Waals surface area contributed by atoms with E-state index < -0.39 is 10.0 Å². The molecule has 5 rings (SSSR count). The Bertz CT molecular complexity index is 1120. The van der Waals surface area contributed by atoms with Gasteiger partial charge in [0.1, 0.15) is 5.75 Å². The normalized spacial score (nSPS) is 28.5. The molecule has 164 valence electrons. The second-order valence-corrected chi connectivity index (χ2v) is 12.7. The van der Waals surface area contributed by atoms with Gasteiger partial charge >= 0.3 is 0 Å². The summed E-state index contributed by atoms with van der Waals surface area (Å²) in [5.74, 6) is 1.35. The van der Waals surface area contributed by atoms with Gasteiger partial charge < -0.3 is 4.74 Å². The van der Waals surface area contributed by atoms with Crippen molar-refractivity contribution in [2.45, 2.75) is 41.4 Å². The van der Waals surface area contributed by atoms with Gasteiger partial charge in [-0.1, -0.05) is 58.8 Å². The van der Waals surface area contributed by atoms with Crippen molar-refractivity contribution < 1.29 is 13.2 Å². The minimum absolute atomic E-state index is 0.0163. The van der Waals surface area contributed by atoms with Crippen LogP contribution in [0.2, 0.25) is 0 Å². The lowest BCUT2D eigenvalue weighted by molar-refractivity contribution is 0.303. The topological polar surface area (TPSA) is 46.6 Å². The molecular formula is C25H28INO3S. The van der Waals surface area contributed by atoms with Gasteiger partial charge in [0, 0.05) is 22.4 Å². The Labute approximate surface area is 198 Å². The molecule has 2 aromatic carbocycles. The van der Waals surface area contributed by atoms with Crippen LogP contribution >= 0.6 is 22.6 Å². The number of nitrogens with zero attached hydrogens (tertiary/aromatic N) is 1. The van der Waals surface area contributed by atoms with Crippen LogP contribution in [0.1, 0.15) is 36.8 Å². The number of alkyl halides is 1. The van der Waals surface area contributed by atoms with Gasteiger partial charge in [-0.05, 0) is 73.1 Å². The molecule has 0 unspecified atom stereocenters. The van der Waals surface area contributed by atoms with Crippen LogP contribution in [0, 0.1) is 18.3 Å². The number of benzene rings is 2. The molecule has 2 fully saturated rings. The van der Waals surface area contributed by atoms with E-state index in [2.05, 4.69) is 34.7 Å². The van der Waals surface area contributed by atoms with E-state index in [1.165, 1.54) is 29.6 Å². The molecule has 0 amide bonds. The van der Waals surface area contributed by atoms with Crippen molar-refractivity contribution in [1.82, 2.24) is 4.31 Å². The van der Waals surface area contributed by atoms with Crippen LogP contribution < -0.4 is 4.74 Å². The SMILES string of the molecule is COc1ccc(C2=C3CN(S(=O)(=O)c4ccc(C)cc4)C[C@@]34CCC[C@H](I)[C@@H]2C4)cc1. The molecule has 1 saturated carbocycles. The molecule has 3 atom stereocenters. The molecule has 2 aliphatic carbocycles. The van der Waals surface area contributed by atoms with Crippen molar-refractivity contribution in [2.24, 2.45) is 11.3 Å². The summed E-state index contributed by atoms with van der Waals surface area (Å²) >= 11 is 2.63. The van der Waals surface area contributed by atoms with Gasteiger partial charge in [-0.2, -0.15) is 4.31 Å². The number of rotatable bonds is 4. The standard InChI is InChI=1S/C25H28INO3S/c1-17-5-11-20(12-6-17)31(28,29)27-15-22-24(18-7-9-19(30-2)10-8-18)21-14-25(22,16-27)13-3-4-23(21)26/h5-12,21,23H,3-4,13-16H2,1-2H3/t21-,23-,25-/m0/s1. The van der Waals surface area contributed by atoms with E-state index in [0.717, 1.165) is 24.2 Å². The number of hydrogen-bond donors (Lipinski definition) is 0. The Hall–Kier alpha value is -1.38. The highest BCUT2D eigenvalue weighted by atomic mass is 127. The molecule has 31 heavy (non-hydrogen) atoms. The van der Waals surface area contributed by atoms with Gasteiger partial charge in [-0.15, -0.1) is 0 Å². The van der Waals surface area contributed by atoms with E-state index in [1.807, 2.05) is 31.2 Å². The molecule has 4 nitrogen and oxygen atoms in total. The average molecular weight is 549 g/mol. The molecule has 1 spiro atoms. The molecular weight excluding hydrogens is 521 g/mol. The van der Waals surface area contributed by atoms with Crippen LogP contribution in [-0.4, -0.2) is 36.8 Å². The van der Waals surface area contributed by atoms with Gasteiger partial charge in [-0.3, -0.25) is 0 Å². The average Bonchev–Trinajstić information content (AvgIpc) is 3.21. The quantitative estimate of drug-likeness (QED) is 0.376. The summed E-state index contributed by atoms with van der Waals surface area (Å²) in [4.78, 5) is 0.401. The van der Waals surface area contributed by atoms with Crippen LogP contribution in [0.15, 0.2) is 59.0 Å². The van der Waals surface area contributed by atoms with Crippen molar-refractivity contribution >= 4 is 38.2 Å². The number of halogens is 1. The minimum atomic E-state index is -3.50. The van der Waals surface area contributed by atoms with Gasteiger partial charge in [0.25, 0.3) is 0 Å². The largest absolute Gasteiger partial charge is 0.497 e. The summed E-state index contributed by atoms with van der Waals surface area (Å²) in [6, 6.07) is 15.6. The lowest BCUT2D eigenvalue weighted by Crippen LogP contribution is -2.32. The smallest absolute Gasteiger partial charge is 0.243 e. The highest BCUT2D eigenvalue weighted by Crippen LogP contribution is 2.61. The van der Waals surface area contributed by atoms with E-state index >= 15 is 0 Å². The zero-order chi connectivity index (χ0) is 21.8. The zero-order valence-corrected chi connectivity index (χ0v) is 20.9. The lowest BCUT2D eigenvalue weighted by atomic mass is 9.79. The van der Waals surface area contributed by atoms with Crippen molar-refractivity contribution in [3.8, 4) is 5.75 Å². The highest BCUT2D eigenvalue weighted by molar-refractivity contribution is 14.1. The predicted molar refractivity (Wildman–Crippen MR) is 132 cm³/mol. The fraction of sp³-hybridized carbons (Fsp3) is 0.440. The molecule has 0 radical (unpaired) electrons. The van der Waals surface area contributed by atoms with E-state index in [1.54, 1.807) is 23.5 Å². The zero-order valence-electron chi connectivity index (χ0n) is 18.0. The van der Waals surface area contributed by atoms with E-state index in [9.17, 15) is 8.42 Å². The molecule has 6 heteroatoms. The van der Waals surface area contributed by atoms with Crippen LogP contribution in [0.4, 0.5) is 0 Å². The number of fused-ring (bicyclic) bond motifs is 1. The van der Waals surface area contributed by atoms with Crippen molar-refractivity contribution in [2.75, 3.05) is 20.2 Å². The number of sulfonamides is 1. The third-order valence-corrected chi connectivity index (χ3v) is 10.7. The summed E-state index contributed by atoms with van der Waals surface area (Å²) < 4.78 is 34.7. The number of allylic oxidation sites excluding steroid dienone is 1. The summed E-state index contributed by atoms with van der Waals surface area (Å²) in [7, 11) is -1.82. The summed E-state index contributed by atoms with van der Waals surface area (Å²) in [5.41, 5.74) is 5.03. The molecule has 2 bridgehead atoms. The Balaban J connectivity index is 1.59. The van der Waals surface area contributed by atoms with Crippen molar-refractivity contribution in [1.29, 1.82) is 0 Å². The van der Waals surface area contributed by atoms with E-state index in [-0.39, 0.29) is 5.41 Å². The maximum absolute atomic E-state index is 13.5. The summed E-state index contributed by atoms with van der Waals surface area (Å²) in [5, 5.41) is 0. The fourth-order valence-electron chi connectivity index (χ4n) is 5.80. The van der Waals surface area contributed by atoms with Gasteiger partial charge in [-0.25, -0.2) is 8.42 Å². The number of hydrogen-bond acceptors (Lipinski definition) is 3. The first-order valence-electron chi connectivity index (χ1n) is 10.9. The maximum Gasteiger partial charge on any atom is 0.243 e. The second-order valence-electron chi connectivity index (χ2n) is 9.21. The number of ether oxygens (including phenoxy) is 1. The van der Waals surface area contributed by atoms with Gasteiger partial charge in [0.15, 0.2) is 0 Å². The van der Waals surface area contributed by atoms with Crippen molar-refractivity contribution in [3.05, 3.63) is 65.2 Å². The first-order chi connectivity index (χ1) is 14.8. The van der Waals surface area contributed by atoms with Gasteiger partial charge in [0.2, 0.25) is 10.0 Å². The Kier molecular flexibility index (Phi) is 5.46. The summed E-state index contributed by atoms with van der Waals surface area (Å²) in [6.07, 6.45) is 4.52. The lowest BCUT2D eigenvalue weighted by Gasteiger charge is -2.26. The molecule has 0 aromatic heterocycles. The molecule has 3 aliphatic rings. The third-order valence-electron chi connectivity index (χ3n) is 7.39. The molecule has 1 aliphatic heterocycles. The molecule has 0 N–H and O–H groups in total. The van der Waals surface area contributed by atoms with Crippen LogP contribution in [0.3, 0.4) is 0 Å². The van der Waals surface area contributed by atoms with Crippen molar-refractivity contribution in [3.63, 3.8) is 0 Å². The third kappa shape index (κ3) is 3.55. The Morgan fingerprint density at radius 3 is 2.48 bits per heavy atom. The Morgan fingerprint density at radius 2 is 1.81 bits per heavy atom. The van der Waals surface area contributed by atoms with Gasteiger partial charge in [0.05, 0.1) is 12.0 Å². The first-order valence-corrected chi connectivity index (χ1v) is 13.6. The predicted octanol–water partition coefficient (Wildman–Crippen LogP) is 5.46. The van der Waals surface area contributed by atoms with Crippen LogP contribution in [0.25, 0.3) is 5.57 Å². The Morgan fingerprint density at radius 1 is 1.10 bits per heavy atom. The number of aryl methyl sites for hydroxylation is 1. The first kappa shape index (κ1) is 21.5. The number of methoxy groups -OCH3 is 1. The maximum atomic E-state index is 13.5. The molecule has 1 saturated heterocycles. The van der Waals surface area contributed by atoms with Crippen LogP contribution in [-0.2, 0) is 10.0 Å². The van der Waals surface area contributed by atoms with Crippen LogP contribution in [0.5, 0.6) is 5.75 Å². The fourth-order valence-corrected chi connectivity index (χ4v) is 8.35. The molecule has 2 aromatic rings.